The molecular weight excluding hydrogens is 298 g/mol. The lowest BCUT2D eigenvalue weighted by Crippen LogP contribution is -2.20. The number of hydrogen-bond donors (Lipinski definition) is 1. The van der Waals surface area contributed by atoms with Crippen LogP contribution in [0.25, 0.3) is 22.3 Å². The average molecular weight is 311 g/mol. The second-order valence-electron chi connectivity index (χ2n) is 6.18. The summed E-state index contributed by atoms with van der Waals surface area (Å²) in [7, 11) is 0. The van der Waals surface area contributed by atoms with Crippen LogP contribution in [-0.2, 0) is 6.42 Å². The van der Waals surface area contributed by atoms with E-state index >= 15 is 0 Å². The number of imide groups is 1. The van der Waals surface area contributed by atoms with Crippen molar-refractivity contribution >= 4 is 11.8 Å². The third-order valence-corrected chi connectivity index (χ3v) is 4.90. The van der Waals surface area contributed by atoms with Crippen molar-refractivity contribution in [3.8, 4) is 22.3 Å². The summed E-state index contributed by atoms with van der Waals surface area (Å²) in [6.07, 6.45) is 0.848. The molecule has 24 heavy (non-hydrogen) atoms. The molecular formula is C21H13NO2. The summed E-state index contributed by atoms with van der Waals surface area (Å²) in [5, 5.41) is 2.40. The van der Waals surface area contributed by atoms with E-state index in [4.69, 9.17) is 0 Å². The molecule has 0 bridgehead atoms. The summed E-state index contributed by atoms with van der Waals surface area (Å²) in [5.41, 5.74) is 7.81. The van der Waals surface area contributed by atoms with E-state index in [1.807, 2.05) is 30.3 Å². The molecule has 1 aliphatic carbocycles. The van der Waals surface area contributed by atoms with Gasteiger partial charge in [-0.25, -0.2) is 0 Å². The smallest absolute Gasteiger partial charge is 0.259 e. The van der Waals surface area contributed by atoms with Crippen LogP contribution < -0.4 is 5.32 Å². The van der Waals surface area contributed by atoms with E-state index in [9.17, 15) is 9.59 Å². The van der Waals surface area contributed by atoms with Gasteiger partial charge in [-0.05, 0) is 45.9 Å². The van der Waals surface area contributed by atoms with Gasteiger partial charge in [0.15, 0.2) is 0 Å². The van der Waals surface area contributed by atoms with Crippen LogP contribution in [0.4, 0.5) is 0 Å². The highest BCUT2D eigenvalue weighted by Gasteiger charge is 2.31. The zero-order valence-corrected chi connectivity index (χ0v) is 12.8. The Morgan fingerprint density at radius 2 is 1.25 bits per heavy atom. The van der Waals surface area contributed by atoms with Gasteiger partial charge in [0.25, 0.3) is 11.8 Å². The molecule has 0 saturated heterocycles. The Labute approximate surface area is 139 Å². The molecule has 0 spiro atoms. The average Bonchev–Trinajstić information content (AvgIpc) is 3.12. The Balaban J connectivity index is 1.78. The first-order chi connectivity index (χ1) is 11.7. The van der Waals surface area contributed by atoms with Gasteiger partial charge >= 0.3 is 0 Å². The molecule has 0 fully saturated rings. The predicted octanol–water partition coefficient (Wildman–Crippen LogP) is 3.81. The minimum Gasteiger partial charge on any atom is -0.288 e. The molecule has 1 N–H and O–H groups in total. The number of hydrogen-bond acceptors (Lipinski definition) is 2. The largest absolute Gasteiger partial charge is 0.288 e. The lowest BCUT2D eigenvalue weighted by molar-refractivity contribution is 0.0880. The van der Waals surface area contributed by atoms with Gasteiger partial charge in [-0.15, -0.1) is 0 Å². The highest BCUT2D eigenvalue weighted by molar-refractivity contribution is 6.24. The van der Waals surface area contributed by atoms with E-state index in [0.29, 0.717) is 11.1 Å². The van der Waals surface area contributed by atoms with E-state index in [1.165, 1.54) is 22.3 Å². The van der Waals surface area contributed by atoms with Crippen LogP contribution in [0, 0.1) is 0 Å². The Hall–Kier alpha value is -3.20. The number of benzene rings is 3. The fourth-order valence-electron chi connectivity index (χ4n) is 3.85. The number of rotatable bonds is 1. The van der Waals surface area contributed by atoms with Crippen LogP contribution in [0.5, 0.6) is 0 Å². The van der Waals surface area contributed by atoms with Crippen molar-refractivity contribution in [1.82, 2.24) is 5.32 Å². The van der Waals surface area contributed by atoms with Crippen LogP contribution >= 0.6 is 0 Å². The van der Waals surface area contributed by atoms with Crippen molar-refractivity contribution in [2.45, 2.75) is 6.42 Å². The number of nitrogens with one attached hydrogen (secondary N) is 1. The monoisotopic (exact) mass is 311 g/mol. The summed E-state index contributed by atoms with van der Waals surface area (Å²) in [6.45, 7) is 0. The van der Waals surface area contributed by atoms with Crippen molar-refractivity contribution in [1.29, 1.82) is 0 Å². The van der Waals surface area contributed by atoms with Gasteiger partial charge in [0, 0.05) is 0 Å². The summed E-state index contributed by atoms with van der Waals surface area (Å²) in [4.78, 5) is 24.2. The number of carbonyl (C=O) groups excluding carboxylic acids is 2. The molecule has 5 rings (SSSR count). The maximum Gasteiger partial charge on any atom is 0.259 e. The Morgan fingerprint density at radius 1 is 0.625 bits per heavy atom. The molecule has 1 heterocycles. The molecule has 0 aromatic heterocycles. The van der Waals surface area contributed by atoms with Crippen LogP contribution in [0.3, 0.4) is 0 Å². The molecule has 114 valence electrons. The molecule has 1 aliphatic heterocycles. The van der Waals surface area contributed by atoms with Gasteiger partial charge in [0.05, 0.1) is 11.1 Å². The van der Waals surface area contributed by atoms with Crippen LogP contribution in [0.1, 0.15) is 31.8 Å². The van der Waals surface area contributed by atoms with E-state index in [0.717, 1.165) is 17.5 Å². The normalized spacial score (nSPS) is 14.2. The number of fused-ring (bicyclic) bond motifs is 4. The minimum absolute atomic E-state index is 0.307. The molecule has 3 aromatic carbocycles. The maximum absolute atomic E-state index is 12.3. The van der Waals surface area contributed by atoms with Gasteiger partial charge < -0.3 is 0 Å². The van der Waals surface area contributed by atoms with Crippen LogP contribution in [0.15, 0.2) is 60.7 Å². The summed E-state index contributed by atoms with van der Waals surface area (Å²) in [6, 6.07) is 20.0. The highest BCUT2D eigenvalue weighted by atomic mass is 16.2. The lowest BCUT2D eigenvalue weighted by atomic mass is 9.91. The van der Waals surface area contributed by atoms with E-state index in [-0.39, 0.29) is 11.8 Å². The first-order valence-electron chi connectivity index (χ1n) is 7.93. The first-order valence-corrected chi connectivity index (χ1v) is 7.93. The zero-order valence-electron chi connectivity index (χ0n) is 12.8. The van der Waals surface area contributed by atoms with Gasteiger partial charge in [-0.1, -0.05) is 54.6 Å². The fourth-order valence-corrected chi connectivity index (χ4v) is 3.85. The van der Waals surface area contributed by atoms with E-state index in [1.54, 1.807) is 6.07 Å². The van der Waals surface area contributed by atoms with Gasteiger partial charge in [0.2, 0.25) is 0 Å². The zero-order chi connectivity index (χ0) is 16.3. The molecule has 2 amide bonds. The third kappa shape index (κ3) is 1.67. The Bertz CT molecular complexity index is 1050. The SMILES string of the molecule is O=C1NC(=O)c2c1cccc2-c1cccc2c1Cc1ccccc1-2. The second-order valence-corrected chi connectivity index (χ2v) is 6.18. The van der Waals surface area contributed by atoms with Gasteiger partial charge in [-0.3, -0.25) is 14.9 Å². The van der Waals surface area contributed by atoms with Crippen molar-refractivity contribution in [2.75, 3.05) is 0 Å². The lowest BCUT2D eigenvalue weighted by Gasteiger charge is -2.11. The minimum atomic E-state index is -0.312. The van der Waals surface area contributed by atoms with Gasteiger partial charge in [0.1, 0.15) is 0 Å². The van der Waals surface area contributed by atoms with E-state index in [2.05, 4.69) is 29.6 Å². The molecule has 3 heteroatoms. The fraction of sp³-hybridized carbons (Fsp3) is 0.0476. The van der Waals surface area contributed by atoms with E-state index < -0.39 is 0 Å². The van der Waals surface area contributed by atoms with Crippen molar-refractivity contribution in [3.63, 3.8) is 0 Å². The van der Waals surface area contributed by atoms with Crippen LogP contribution in [0.2, 0.25) is 0 Å². The topological polar surface area (TPSA) is 46.2 Å². The number of carbonyl (C=O) groups is 2. The van der Waals surface area contributed by atoms with Crippen molar-refractivity contribution in [2.24, 2.45) is 0 Å². The van der Waals surface area contributed by atoms with Gasteiger partial charge in [-0.2, -0.15) is 0 Å². The summed E-state index contributed by atoms with van der Waals surface area (Å²) < 4.78 is 0. The Morgan fingerprint density at radius 3 is 2.08 bits per heavy atom. The third-order valence-electron chi connectivity index (χ3n) is 4.90. The molecule has 3 aromatic rings. The summed E-state index contributed by atoms with van der Waals surface area (Å²) >= 11 is 0. The molecule has 0 radical (unpaired) electrons. The second kappa shape index (κ2) is 4.65. The predicted molar refractivity (Wildman–Crippen MR) is 91.9 cm³/mol. The first kappa shape index (κ1) is 13.3. The highest BCUT2D eigenvalue weighted by Crippen LogP contribution is 2.42. The molecule has 0 unspecified atom stereocenters. The number of amides is 2. The standard InChI is InChI=1S/C21H13NO2/c23-20-17-10-4-9-16(19(17)21(24)22-20)15-8-3-7-14-13-6-2-1-5-12(13)11-18(14)15/h1-10H,11H2,(H,22,23,24). The Kier molecular flexibility index (Phi) is 2.57. The van der Waals surface area contributed by atoms with Crippen LogP contribution in [-0.4, -0.2) is 11.8 Å². The maximum atomic E-state index is 12.3. The quantitative estimate of drug-likeness (QED) is 0.543. The van der Waals surface area contributed by atoms with Crippen molar-refractivity contribution < 1.29 is 9.59 Å². The molecule has 0 atom stereocenters. The summed E-state index contributed by atoms with van der Waals surface area (Å²) in [5.74, 6) is -0.619. The molecule has 3 nitrogen and oxygen atoms in total. The molecule has 2 aliphatic rings. The van der Waals surface area contributed by atoms with Crippen molar-refractivity contribution in [3.05, 3.63) is 82.9 Å². The molecule has 0 saturated carbocycles.